The topological polar surface area (TPSA) is 26.3 Å². The largest absolute Gasteiger partial charge is 0.492 e. The first-order chi connectivity index (χ1) is 9.93. The zero-order valence-corrected chi connectivity index (χ0v) is 13.2. The third-order valence-corrected chi connectivity index (χ3v) is 3.66. The van der Waals surface area contributed by atoms with Crippen molar-refractivity contribution in [2.75, 3.05) is 6.61 Å². The molecule has 0 bridgehead atoms. The lowest BCUT2D eigenvalue weighted by molar-refractivity contribution is 0.103. The molecule has 0 saturated heterocycles. The van der Waals surface area contributed by atoms with Crippen LogP contribution in [0.3, 0.4) is 0 Å². The van der Waals surface area contributed by atoms with Crippen LogP contribution < -0.4 is 4.74 Å². The maximum Gasteiger partial charge on any atom is 0.196 e. The van der Waals surface area contributed by atoms with Gasteiger partial charge in [-0.2, -0.15) is 0 Å². The molecule has 2 aromatic rings. The molecule has 0 amide bonds. The number of rotatable bonds is 4. The molecule has 0 atom stereocenters. The van der Waals surface area contributed by atoms with Crippen molar-refractivity contribution in [3.05, 3.63) is 62.3 Å². The van der Waals surface area contributed by atoms with Gasteiger partial charge in [0.1, 0.15) is 11.6 Å². The quantitative estimate of drug-likeness (QED) is 0.691. The highest BCUT2D eigenvalue weighted by atomic mass is 35.5. The van der Waals surface area contributed by atoms with Crippen LogP contribution in [-0.2, 0) is 0 Å². The van der Waals surface area contributed by atoms with Crippen molar-refractivity contribution in [1.82, 2.24) is 0 Å². The van der Waals surface area contributed by atoms with Gasteiger partial charge in [0, 0.05) is 17.2 Å². The van der Waals surface area contributed by atoms with E-state index in [1.807, 2.05) is 6.92 Å². The second kappa shape index (κ2) is 6.65. The summed E-state index contributed by atoms with van der Waals surface area (Å²) in [5.41, 5.74) is 0.332. The predicted molar refractivity (Wildman–Crippen MR) is 82.5 cm³/mol. The van der Waals surface area contributed by atoms with Crippen LogP contribution >= 0.6 is 34.8 Å². The molecule has 0 unspecified atom stereocenters. The molecule has 0 aliphatic rings. The van der Waals surface area contributed by atoms with Crippen molar-refractivity contribution < 1.29 is 13.9 Å². The van der Waals surface area contributed by atoms with Gasteiger partial charge in [-0.1, -0.05) is 34.8 Å². The normalized spacial score (nSPS) is 10.5. The number of carbonyl (C=O) groups is 1. The van der Waals surface area contributed by atoms with Gasteiger partial charge in [-0.3, -0.25) is 4.79 Å². The fourth-order valence-corrected chi connectivity index (χ4v) is 2.50. The maximum atomic E-state index is 13.0. The molecule has 0 heterocycles. The van der Waals surface area contributed by atoms with E-state index in [1.165, 1.54) is 18.2 Å². The Morgan fingerprint density at radius 2 is 1.71 bits per heavy atom. The van der Waals surface area contributed by atoms with E-state index >= 15 is 0 Å². The van der Waals surface area contributed by atoms with E-state index in [-0.39, 0.29) is 26.2 Å². The summed E-state index contributed by atoms with van der Waals surface area (Å²) >= 11 is 18.0. The average molecular weight is 348 g/mol. The van der Waals surface area contributed by atoms with Gasteiger partial charge in [0.05, 0.1) is 21.7 Å². The number of ketones is 1. The van der Waals surface area contributed by atoms with Gasteiger partial charge in [-0.05, 0) is 31.2 Å². The van der Waals surface area contributed by atoms with Crippen LogP contribution in [0.25, 0.3) is 0 Å². The summed E-state index contributed by atoms with van der Waals surface area (Å²) in [7, 11) is 0. The molecule has 2 aromatic carbocycles. The molecule has 6 heteroatoms. The Balaban J connectivity index is 2.46. The SMILES string of the molecule is CCOc1cc(Cl)c(C(=O)c2ccc(F)cc2Cl)cc1Cl. The molecule has 0 aliphatic carbocycles. The smallest absolute Gasteiger partial charge is 0.196 e. The van der Waals surface area contributed by atoms with Crippen molar-refractivity contribution in [1.29, 1.82) is 0 Å². The molecule has 0 saturated carbocycles. The fourth-order valence-electron chi connectivity index (χ4n) is 1.79. The molecule has 2 rings (SSSR count). The lowest BCUT2D eigenvalue weighted by Gasteiger charge is -2.10. The van der Waals surface area contributed by atoms with Gasteiger partial charge >= 0.3 is 0 Å². The van der Waals surface area contributed by atoms with Crippen molar-refractivity contribution >= 4 is 40.6 Å². The van der Waals surface area contributed by atoms with Crippen LogP contribution in [0.15, 0.2) is 30.3 Å². The summed E-state index contributed by atoms with van der Waals surface area (Å²) in [6.45, 7) is 2.23. The van der Waals surface area contributed by atoms with Crippen LogP contribution in [0.1, 0.15) is 22.8 Å². The van der Waals surface area contributed by atoms with Gasteiger partial charge in [0.2, 0.25) is 0 Å². The first-order valence-electron chi connectivity index (χ1n) is 6.05. The van der Waals surface area contributed by atoms with Crippen LogP contribution in [0.4, 0.5) is 4.39 Å². The van der Waals surface area contributed by atoms with Crippen LogP contribution in [0, 0.1) is 5.82 Å². The zero-order chi connectivity index (χ0) is 15.6. The van der Waals surface area contributed by atoms with Gasteiger partial charge in [-0.25, -0.2) is 4.39 Å². The van der Waals surface area contributed by atoms with E-state index in [4.69, 9.17) is 39.5 Å². The second-order valence-corrected chi connectivity index (χ2v) is 5.37. The molecule has 0 aromatic heterocycles. The summed E-state index contributed by atoms with van der Waals surface area (Å²) < 4.78 is 18.3. The Kier molecular flexibility index (Phi) is 5.09. The van der Waals surface area contributed by atoms with Crippen LogP contribution in [0.2, 0.25) is 15.1 Å². The fraction of sp³-hybridized carbons (Fsp3) is 0.133. The Morgan fingerprint density at radius 1 is 1.05 bits per heavy atom. The van der Waals surface area contributed by atoms with Crippen LogP contribution in [-0.4, -0.2) is 12.4 Å². The summed E-state index contributed by atoms with van der Waals surface area (Å²) in [6, 6.07) is 6.41. The highest BCUT2D eigenvalue weighted by Gasteiger charge is 2.19. The number of halogens is 4. The van der Waals surface area contributed by atoms with Crippen molar-refractivity contribution in [2.45, 2.75) is 6.92 Å². The third kappa shape index (κ3) is 3.49. The highest BCUT2D eigenvalue weighted by molar-refractivity contribution is 6.39. The highest BCUT2D eigenvalue weighted by Crippen LogP contribution is 2.33. The van der Waals surface area contributed by atoms with Crippen molar-refractivity contribution in [2.24, 2.45) is 0 Å². The van der Waals surface area contributed by atoms with E-state index in [9.17, 15) is 9.18 Å². The maximum absolute atomic E-state index is 13.0. The summed E-state index contributed by atoms with van der Waals surface area (Å²) in [4.78, 5) is 12.4. The molecule has 0 spiro atoms. The summed E-state index contributed by atoms with van der Waals surface area (Å²) in [5, 5.41) is 0.470. The number of carbonyl (C=O) groups excluding carboxylic acids is 1. The molecule has 110 valence electrons. The number of benzene rings is 2. The second-order valence-electron chi connectivity index (χ2n) is 4.15. The lowest BCUT2D eigenvalue weighted by Crippen LogP contribution is -2.04. The monoisotopic (exact) mass is 346 g/mol. The molecule has 21 heavy (non-hydrogen) atoms. The minimum atomic E-state index is -0.521. The van der Waals surface area contributed by atoms with E-state index in [2.05, 4.69) is 0 Å². The minimum absolute atomic E-state index is 0.0149. The molecular weight excluding hydrogens is 338 g/mol. The summed E-state index contributed by atoms with van der Waals surface area (Å²) in [6.07, 6.45) is 0. The first-order valence-corrected chi connectivity index (χ1v) is 7.19. The zero-order valence-electron chi connectivity index (χ0n) is 10.9. The van der Waals surface area contributed by atoms with Gasteiger partial charge in [0.25, 0.3) is 0 Å². The Bertz CT molecular complexity index is 702. The predicted octanol–water partition coefficient (Wildman–Crippen LogP) is 5.42. The van der Waals surface area contributed by atoms with E-state index in [1.54, 1.807) is 0 Å². The minimum Gasteiger partial charge on any atom is -0.492 e. The molecule has 0 N–H and O–H groups in total. The Labute approximate surface area is 136 Å². The summed E-state index contributed by atoms with van der Waals surface area (Å²) in [5.74, 6) is -0.562. The molecule has 0 fully saturated rings. The molecule has 0 radical (unpaired) electrons. The van der Waals surface area contributed by atoms with Gasteiger partial charge in [-0.15, -0.1) is 0 Å². The Morgan fingerprint density at radius 3 is 2.33 bits per heavy atom. The molecular formula is C15H10Cl3FO2. The third-order valence-electron chi connectivity index (χ3n) is 2.74. The van der Waals surface area contributed by atoms with E-state index in [0.717, 1.165) is 12.1 Å². The number of hydrogen-bond acceptors (Lipinski definition) is 2. The average Bonchev–Trinajstić information content (AvgIpc) is 2.42. The van der Waals surface area contributed by atoms with Gasteiger partial charge in [0.15, 0.2) is 5.78 Å². The lowest BCUT2D eigenvalue weighted by atomic mass is 10.0. The van der Waals surface area contributed by atoms with Crippen molar-refractivity contribution in [3.8, 4) is 5.75 Å². The molecule has 2 nitrogen and oxygen atoms in total. The van der Waals surface area contributed by atoms with Gasteiger partial charge < -0.3 is 4.74 Å². The van der Waals surface area contributed by atoms with E-state index in [0.29, 0.717) is 12.4 Å². The standard InChI is InChI=1S/C15H10Cl3FO2/c1-2-21-14-7-12(17)10(6-13(14)18)15(20)9-4-3-8(19)5-11(9)16/h3-7H,2H2,1H3. The molecule has 0 aliphatic heterocycles. The Hall–Kier alpha value is -1.29. The van der Waals surface area contributed by atoms with Crippen molar-refractivity contribution in [3.63, 3.8) is 0 Å². The number of ether oxygens (including phenoxy) is 1. The number of hydrogen-bond donors (Lipinski definition) is 0. The first kappa shape index (κ1) is 16.1. The van der Waals surface area contributed by atoms with E-state index < -0.39 is 11.6 Å². The van der Waals surface area contributed by atoms with Crippen LogP contribution in [0.5, 0.6) is 5.75 Å².